The summed E-state index contributed by atoms with van der Waals surface area (Å²) >= 11 is 1.83. The van der Waals surface area contributed by atoms with E-state index in [1.807, 2.05) is 11.3 Å². The molecule has 0 spiro atoms. The Kier molecular flexibility index (Phi) is 11.0. The summed E-state index contributed by atoms with van der Waals surface area (Å²) in [6, 6.07) is 2.97. The molecule has 2 heterocycles. The quantitative estimate of drug-likeness (QED) is 0.792. The molecule has 112 valence electrons. The van der Waals surface area contributed by atoms with Crippen LogP contribution in [0.3, 0.4) is 0 Å². The van der Waals surface area contributed by atoms with E-state index in [-0.39, 0.29) is 24.8 Å². The van der Waals surface area contributed by atoms with Gasteiger partial charge in [-0.15, -0.1) is 24.8 Å². The van der Waals surface area contributed by atoms with Crippen molar-refractivity contribution in [2.24, 2.45) is 0 Å². The van der Waals surface area contributed by atoms with Crippen LogP contribution >= 0.6 is 36.2 Å². The molecule has 1 aromatic rings. The van der Waals surface area contributed by atoms with Crippen LogP contribution in [0.4, 0.5) is 0 Å². The molecule has 2 rings (SSSR count). The zero-order chi connectivity index (χ0) is 11.9. The van der Waals surface area contributed by atoms with Gasteiger partial charge in [0.15, 0.2) is 0 Å². The average Bonchev–Trinajstić information content (AvgIpc) is 2.89. The summed E-state index contributed by atoms with van der Waals surface area (Å²) in [4.78, 5) is 2.66. The molecule has 2 nitrogen and oxygen atoms in total. The fourth-order valence-corrected chi connectivity index (χ4v) is 3.31. The van der Waals surface area contributed by atoms with Gasteiger partial charge in [-0.05, 0) is 28.8 Å². The molecule has 0 radical (unpaired) electrons. The molecule has 0 bridgehead atoms. The zero-order valence-corrected chi connectivity index (χ0v) is 14.1. The number of halogens is 2. The minimum atomic E-state index is 0. The molecule has 0 saturated carbocycles. The second-order valence-electron chi connectivity index (χ2n) is 4.85. The molecule has 1 aliphatic heterocycles. The smallest absolute Gasteiger partial charge is 0.0357 e. The van der Waals surface area contributed by atoms with Crippen molar-refractivity contribution in [3.8, 4) is 0 Å². The number of thiophene rings is 1. The Balaban J connectivity index is 0.00000162. The summed E-state index contributed by atoms with van der Waals surface area (Å²) in [6.45, 7) is 6.98. The molecular weight excluding hydrogens is 299 g/mol. The number of nitrogens with zero attached hydrogens (tertiary/aromatic N) is 1. The highest BCUT2D eigenvalue weighted by molar-refractivity contribution is 7.07. The summed E-state index contributed by atoms with van der Waals surface area (Å²) < 4.78 is 0. The van der Waals surface area contributed by atoms with Gasteiger partial charge in [-0.2, -0.15) is 11.3 Å². The Morgan fingerprint density at radius 3 is 2.58 bits per heavy atom. The molecule has 0 amide bonds. The molecule has 1 aromatic heterocycles. The third-order valence-electron chi connectivity index (χ3n) is 3.60. The van der Waals surface area contributed by atoms with Crippen LogP contribution in [-0.2, 0) is 0 Å². The predicted molar refractivity (Wildman–Crippen MR) is 90.1 cm³/mol. The maximum atomic E-state index is 3.44. The first-order valence-electron chi connectivity index (χ1n) is 6.88. The lowest BCUT2D eigenvalue weighted by molar-refractivity contribution is 0.163. The Morgan fingerprint density at radius 1 is 1.26 bits per heavy atom. The number of unbranched alkanes of at least 4 members (excludes halogenated alkanes) is 2. The lowest BCUT2D eigenvalue weighted by Crippen LogP contribution is -2.45. The lowest BCUT2D eigenvalue weighted by Gasteiger charge is -2.34. The molecule has 5 heteroatoms. The second kappa shape index (κ2) is 10.9. The number of hydrogen-bond acceptors (Lipinski definition) is 3. The molecular formula is C14H26Cl2N2S. The molecule has 0 aliphatic carbocycles. The largest absolute Gasteiger partial charge is 0.314 e. The SMILES string of the molecule is CCCCC[C@H](c1ccsc1)N1CCNCC1.Cl.Cl. The van der Waals surface area contributed by atoms with E-state index in [0.29, 0.717) is 6.04 Å². The van der Waals surface area contributed by atoms with Crippen molar-refractivity contribution in [3.63, 3.8) is 0 Å². The Hall–Kier alpha value is 0.200. The molecule has 1 atom stereocenters. The van der Waals surface area contributed by atoms with E-state index < -0.39 is 0 Å². The third-order valence-corrected chi connectivity index (χ3v) is 4.30. The van der Waals surface area contributed by atoms with Crippen molar-refractivity contribution >= 4 is 36.2 Å². The van der Waals surface area contributed by atoms with Crippen LogP contribution in [0.2, 0.25) is 0 Å². The van der Waals surface area contributed by atoms with Crippen molar-refractivity contribution in [2.45, 2.75) is 38.6 Å². The van der Waals surface area contributed by atoms with E-state index >= 15 is 0 Å². The molecule has 19 heavy (non-hydrogen) atoms. The van der Waals surface area contributed by atoms with Crippen molar-refractivity contribution in [2.75, 3.05) is 26.2 Å². The first-order valence-corrected chi connectivity index (χ1v) is 7.83. The van der Waals surface area contributed by atoms with Crippen LogP contribution in [0.5, 0.6) is 0 Å². The van der Waals surface area contributed by atoms with Gasteiger partial charge >= 0.3 is 0 Å². The van der Waals surface area contributed by atoms with Crippen molar-refractivity contribution in [1.29, 1.82) is 0 Å². The molecule has 1 saturated heterocycles. The van der Waals surface area contributed by atoms with Gasteiger partial charge in [-0.1, -0.05) is 26.2 Å². The maximum Gasteiger partial charge on any atom is 0.0357 e. The first kappa shape index (κ1) is 19.2. The Morgan fingerprint density at radius 2 is 2.00 bits per heavy atom. The normalized spacial score (nSPS) is 17.3. The first-order chi connectivity index (χ1) is 8.42. The Labute approximate surface area is 133 Å². The van der Waals surface area contributed by atoms with Crippen LogP contribution in [-0.4, -0.2) is 31.1 Å². The van der Waals surface area contributed by atoms with E-state index in [9.17, 15) is 0 Å². The maximum absolute atomic E-state index is 3.44. The summed E-state index contributed by atoms with van der Waals surface area (Å²) in [7, 11) is 0. The number of rotatable bonds is 6. The molecule has 0 unspecified atom stereocenters. The third kappa shape index (κ3) is 6.01. The van der Waals surface area contributed by atoms with E-state index in [1.165, 1.54) is 44.3 Å². The van der Waals surface area contributed by atoms with Crippen molar-refractivity contribution in [1.82, 2.24) is 10.2 Å². The van der Waals surface area contributed by atoms with E-state index in [2.05, 4.69) is 34.0 Å². The highest BCUT2D eigenvalue weighted by atomic mass is 35.5. The van der Waals surface area contributed by atoms with Crippen molar-refractivity contribution < 1.29 is 0 Å². The number of nitrogens with one attached hydrogen (secondary N) is 1. The molecule has 1 fully saturated rings. The van der Waals surface area contributed by atoms with Crippen LogP contribution in [0.1, 0.15) is 44.2 Å². The van der Waals surface area contributed by atoms with Gasteiger partial charge in [-0.3, -0.25) is 4.90 Å². The summed E-state index contributed by atoms with van der Waals surface area (Å²) in [6.07, 6.45) is 5.37. The predicted octanol–water partition coefficient (Wildman–Crippen LogP) is 4.12. The minimum absolute atomic E-state index is 0. The summed E-state index contributed by atoms with van der Waals surface area (Å²) in [5.41, 5.74) is 1.54. The average molecular weight is 325 g/mol. The number of hydrogen-bond donors (Lipinski definition) is 1. The summed E-state index contributed by atoms with van der Waals surface area (Å²) in [5, 5.41) is 7.99. The van der Waals surface area contributed by atoms with Gasteiger partial charge in [0.1, 0.15) is 0 Å². The van der Waals surface area contributed by atoms with E-state index in [4.69, 9.17) is 0 Å². The lowest BCUT2D eigenvalue weighted by atomic mass is 10.0. The van der Waals surface area contributed by atoms with Gasteiger partial charge in [0.05, 0.1) is 0 Å². The fourth-order valence-electron chi connectivity index (χ4n) is 2.61. The minimum Gasteiger partial charge on any atom is -0.314 e. The van der Waals surface area contributed by atoms with Crippen LogP contribution in [0, 0.1) is 0 Å². The second-order valence-corrected chi connectivity index (χ2v) is 5.63. The van der Waals surface area contributed by atoms with Crippen molar-refractivity contribution in [3.05, 3.63) is 22.4 Å². The zero-order valence-electron chi connectivity index (χ0n) is 11.6. The van der Waals surface area contributed by atoms with Crippen LogP contribution in [0.25, 0.3) is 0 Å². The van der Waals surface area contributed by atoms with Crippen LogP contribution < -0.4 is 5.32 Å². The van der Waals surface area contributed by atoms with Crippen LogP contribution in [0.15, 0.2) is 16.8 Å². The highest BCUT2D eigenvalue weighted by Gasteiger charge is 2.21. The topological polar surface area (TPSA) is 15.3 Å². The molecule has 0 aromatic carbocycles. The van der Waals surface area contributed by atoms with Gasteiger partial charge in [0.25, 0.3) is 0 Å². The van der Waals surface area contributed by atoms with E-state index in [0.717, 1.165) is 13.1 Å². The van der Waals surface area contributed by atoms with Gasteiger partial charge in [0.2, 0.25) is 0 Å². The van der Waals surface area contributed by atoms with Gasteiger partial charge in [0, 0.05) is 32.2 Å². The highest BCUT2D eigenvalue weighted by Crippen LogP contribution is 2.28. The van der Waals surface area contributed by atoms with Gasteiger partial charge < -0.3 is 5.32 Å². The Bertz CT molecular complexity index is 300. The molecule has 1 N–H and O–H groups in total. The van der Waals surface area contributed by atoms with E-state index in [1.54, 1.807) is 0 Å². The molecule has 1 aliphatic rings. The summed E-state index contributed by atoms with van der Waals surface area (Å²) in [5.74, 6) is 0. The number of piperazine rings is 1. The monoisotopic (exact) mass is 324 g/mol. The fraction of sp³-hybridized carbons (Fsp3) is 0.714. The van der Waals surface area contributed by atoms with Gasteiger partial charge in [-0.25, -0.2) is 0 Å². The standard InChI is InChI=1S/C14H24N2S.2ClH/c1-2-3-4-5-14(13-6-11-17-12-13)16-9-7-15-8-10-16;;/h6,11-12,14-15H,2-5,7-10H2,1H3;2*1H/t14-;;/m1../s1.